The number of rotatable bonds is 5. The molecule has 2 aliphatic rings. The molecule has 2 amide bonds. The van der Waals surface area contributed by atoms with Gasteiger partial charge in [-0.25, -0.2) is 0 Å². The predicted molar refractivity (Wildman–Crippen MR) is 117 cm³/mol. The van der Waals surface area contributed by atoms with Gasteiger partial charge < -0.3 is 30.2 Å². The maximum atomic E-state index is 13.3. The topological polar surface area (TPSA) is 148 Å². The number of carbonyl (C=O) groups is 4. The number of hydrogen-bond acceptors (Lipinski definition) is 7. The quantitative estimate of drug-likeness (QED) is 0.513. The van der Waals surface area contributed by atoms with Gasteiger partial charge in [0.15, 0.2) is 0 Å². The Labute approximate surface area is 187 Å². The number of amides is 2. The number of likely N-dealkylation sites (N-methyl/N-ethyl adjacent to an activating group) is 1. The molecule has 0 saturated carbocycles. The maximum Gasteiger partial charge on any atom is 0.290 e. The zero-order valence-electron chi connectivity index (χ0n) is 18.9. The monoisotopic (exact) mass is 454 g/mol. The van der Waals surface area contributed by atoms with Crippen molar-refractivity contribution in [2.75, 3.05) is 52.1 Å². The van der Waals surface area contributed by atoms with Crippen molar-refractivity contribution in [2.24, 2.45) is 7.05 Å². The number of hydrogen-bond donors (Lipinski definition) is 3. The van der Waals surface area contributed by atoms with Crippen molar-refractivity contribution in [1.82, 2.24) is 24.5 Å². The third kappa shape index (κ3) is 7.84. The number of piperidine rings is 1. The zero-order chi connectivity index (χ0) is 24.1. The molecule has 0 aromatic carbocycles. The van der Waals surface area contributed by atoms with E-state index in [1.54, 1.807) is 4.68 Å². The largest absolute Gasteiger partial charge is 0.483 e. The van der Waals surface area contributed by atoms with Crippen LogP contribution in [0.4, 0.5) is 5.82 Å². The van der Waals surface area contributed by atoms with Gasteiger partial charge in [0.05, 0.1) is 6.54 Å². The lowest BCUT2D eigenvalue weighted by Gasteiger charge is -2.43. The number of nitrogens with zero attached hydrogens (tertiary/aromatic N) is 5. The summed E-state index contributed by atoms with van der Waals surface area (Å²) in [5, 5.41) is 21.6. The molecule has 0 unspecified atom stereocenters. The minimum Gasteiger partial charge on any atom is -0.483 e. The van der Waals surface area contributed by atoms with Crippen molar-refractivity contribution in [3.05, 3.63) is 12.3 Å². The molecule has 0 radical (unpaired) electrons. The van der Waals surface area contributed by atoms with E-state index in [0.29, 0.717) is 38.3 Å². The van der Waals surface area contributed by atoms with Crippen LogP contribution < -0.4 is 5.32 Å². The first-order valence-electron chi connectivity index (χ1n) is 10.4. The second-order valence-electron chi connectivity index (χ2n) is 7.91. The molecule has 12 heteroatoms. The molecule has 180 valence electrons. The van der Waals surface area contributed by atoms with E-state index in [0.717, 1.165) is 25.9 Å². The zero-order valence-corrected chi connectivity index (χ0v) is 18.9. The van der Waals surface area contributed by atoms with Crippen molar-refractivity contribution >= 4 is 30.6 Å². The van der Waals surface area contributed by atoms with Crippen molar-refractivity contribution in [1.29, 1.82) is 0 Å². The number of nitrogens with one attached hydrogen (secondary N) is 1. The Hall–Kier alpha value is -3.15. The normalized spacial score (nSPS) is 16.9. The Morgan fingerprint density at radius 2 is 1.62 bits per heavy atom. The van der Waals surface area contributed by atoms with Crippen molar-refractivity contribution < 1.29 is 29.4 Å². The third-order valence-corrected chi connectivity index (χ3v) is 5.30. The van der Waals surface area contributed by atoms with Crippen LogP contribution in [0, 0.1) is 0 Å². The molecule has 0 aliphatic carbocycles. The van der Waals surface area contributed by atoms with Gasteiger partial charge in [-0.1, -0.05) is 0 Å². The summed E-state index contributed by atoms with van der Waals surface area (Å²) < 4.78 is 1.73. The molecule has 0 spiro atoms. The van der Waals surface area contributed by atoms with Gasteiger partial charge in [-0.05, 0) is 39.8 Å². The van der Waals surface area contributed by atoms with E-state index in [4.69, 9.17) is 19.8 Å². The number of carboxylic acid groups (broad SMARTS) is 2. The Bertz CT molecular complexity index is 733. The van der Waals surface area contributed by atoms with E-state index < -0.39 is 5.54 Å². The smallest absolute Gasteiger partial charge is 0.290 e. The number of carbonyl (C=O) groups excluding carboxylic acids is 2. The molecule has 1 aromatic heterocycles. The van der Waals surface area contributed by atoms with Crippen LogP contribution in [0.2, 0.25) is 0 Å². The number of likely N-dealkylation sites (tertiary alicyclic amines) is 2. The van der Waals surface area contributed by atoms with Gasteiger partial charge in [0.25, 0.3) is 12.9 Å². The summed E-state index contributed by atoms with van der Waals surface area (Å²) in [7, 11) is 5.65. The molecular formula is C20H34N6O6. The van der Waals surface area contributed by atoms with Gasteiger partial charge in [0.1, 0.15) is 11.4 Å². The van der Waals surface area contributed by atoms with Crippen LogP contribution in [0.15, 0.2) is 12.3 Å². The van der Waals surface area contributed by atoms with Gasteiger partial charge in [0, 0.05) is 45.5 Å². The summed E-state index contributed by atoms with van der Waals surface area (Å²) in [6, 6.07) is 1.89. The average Bonchev–Trinajstić information content (AvgIpc) is 3.40. The van der Waals surface area contributed by atoms with Gasteiger partial charge in [0.2, 0.25) is 11.8 Å². The Balaban J connectivity index is 0.000000769. The highest BCUT2D eigenvalue weighted by atomic mass is 16.3. The van der Waals surface area contributed by atoms with E-state index in [1.807, 2.05) is 48.1 Å². The van der Waals surface area contributed by atoms with E-state index in [9.17, 15) is 9.59 Å². The standard InChI is InChI=1S/C18H30N6O2.2CH2O2/c1-21(2)14-16(25)23-12-7-18(8-13-23,17(26)24-9-4-5-10-24)19-15-6-11-22(3)20-15;2*2-1-3/h6,11H,4-5,7-10,12-14H2,1-3H3,(H,19,20);2*1H,(H,2,3). The Kier molecular flexibility index (Phi) is 11.2. The van der Waals surface area contributed by atoms with E-state index in [-0.39, 0.29) is 24.8 Å². The van der Waals surface area contributed by atoms with Crippen LogP contribution in [0.1, 0.15) is 25.7 Å². The predicted octanol–water partition coefficient (Wildman–Crippen LogP) is -0.221. The van der Waals surface area contributed by atoms with E-state index in [1.165, 1.54) is 0 Å². The van der Waals surface area contributed by atoms with Crippen molar-refractivity contribution in [2.45, 2.75) is 31.2 Å². The first-order chi connectivity index (χ1) is 15.2. The van der Waals surface area contributed by atoms with Gasteiger partial charge >= 0.3 is 0 Å². The number of aromatic nitrogens is 2. The Morgan fingerprint density at radius 3 is 2.06 bits per heavy atom. The molecule has 32 heavy (non-hydrogen) atoms. The maximum absolute atomic E-state index is 13.3. The fourth-order valence-electron chi connectivity index (χ4n) is 3.85. The molecule has 3 N–H and O–H groups in total. The molecule has 1 aromatic rings. The third-order valence-electron chi connectivity index (χ3n) is 5.30. The summed E-state index contributed by atoms with van der Waals surface area (Å²) >= 11 is 0. The molecule has 2 fully saturated rings. The van der Waals surface area contributed by atoms with Crippen molar-refractivity contribution in [3.63, 3.8) is 0 Å². The van der Waals surface area contributed by atoms with Gasteiger partial charge in [-0.3, -0.25) is 23.9 Å². The van der Waals surface area contributed by atoms with Gasteiger partial charge in [-0.15, -0.1) is 0 Å². The van der Waals surface area contributed by atoms with E-state index in [2.05, 4.69) is 10.4 Å². The first kappa shape index (κ1) is 26.9. The summed E-state index contributed by atoms with van der Waals surface area (Å²) in [5.74, 6) is 0.989. The average molecular weight is 455 g/mol. The summed E-state index contributed by atoms with van der Waals surface area (Å²) in [6.45, 7) is 2.74. The summed E-state index contributed by atoms with van der Waals surface area (Å²) in [5.41, 5.74) is -0.673. The van der Waals surface area contributed by atoms with Crippen LogP contribution in [0.3, 0.4) is 0 Å². The Morgan fingerprint density at radius 1 is 1.09 bits per heavy atom. The molecular weight excluding hydrogens is 420 g/mol. The molecule has 3 rings (SSSR count). The minimum atomic E-state index is -0.673. The lowest BCUT2D eigenvalue weighted by atomic mass is 9.85. The van der Waals surface area contributed by atoms with Crippen LogP contribution in [-0.4, -0.2) is 112 Å². The highest BCUT2D eigenvalue weighted by molar-refractivity contribution is 5.90. The lowest BCUT2D eigenvalue weighted by Crippen LogP contribution is -2.60. The van der Waals surface area contributed by atoms with Gasteiger partial charge in [-0.2, -0.15) is 5.10 Å². The lowest BCUT2D eigenvalue weighted by molar-refractivity contribution is -0.140. The van der Waals surface area contributed by atoms with Crippen LogP contribution in [0.25, 0.3) is 0 Å². The number of aryl methyl sites for hydroxylation is 1. The summed E-state index contributed by atoms with van der Waals surface area (Å²) in [6.07, 6.45) is 5.22. The minimum absolute atomic E-state index is 0.120. The molecule has 2 saturated heterocycles. The second kappa shape index (κ2) is 13.3. The summed E-state index contributed by atoms with van der Waals surface area (Å²) in [4.78, 5) is 48.1. The molecule has 0 atom stereocenters. The van der Waals surface area contributed by atoms with Crippen molar-refractivity contribution in [3.8, 4) is 0 Å². The first-order valence-corrected chi connectivity index (χ1v) is 10.4. The van der Waals surface area contributed by atoms with Crippen LogP contribution >= 0.6 is 0 Å². The number of anilines is 1. The van der Waals surface area contributed by atoms with Crippen LogP contribution in [0.5, 0.6) is 0 Å². The highest BCUT2D eigenvalue weighted by Gasteiger charge is 2.45. The molecule has 3 heterocycles. The fourth-order valence-corrected chi connectivity index (χ4v) is 3.85. The molecule has 0 bridgehead atoms. The molecule has 12 nitrogen and oxygen atoms in total. The second-order valence-corrected chi connectivity index (χ2v) is 7.91. The molecule has 2 aliphatic heterocycles. The highest BCUT2D eigenvalue weighted by Crippen LogP contribution is 2.30. The SMILES string of the molecule is CN(C)CC(=O)N1CCC(Nc2ccn(C)n2)(C(=O)N2CCCC2)CC1.O=CO.O=CO. The van der Waals surface area contributed by atoms with Crippen LogP contribution in [-0.2, 0) is 26.2 Å². The fraction of sp³-hybridized carbons (Fsp3) is 0.650. The van der Waals surface area contributed by atoms with E-state index >= 15 is 0 Å².